The molecule has 1 aromatic rings. The molecule has 0 aliphatic carbocycles. The van der Waals surface area contributed by atoms with Crippen molar-refractivity contribution in [3.63, 3.8) is 0 Å². The zero-order valence-electron chi connectivity index (χ0n) is 13.2. The van der Waals surface area contributed by atoms with Gasteiger partial charge in [-0.3, -0.25) is 4.79 Å². The van der Waals surface area contributed by atoms with Crippen molar-refractivity contribution in [3.8, 4) is 0 Å². The van der Waals surface area contributed by atoms with Gasteiger partial charge in [-0.05, 0) is 24.6 Å². The topological polar surface area (TPSA) is 50.4 Å². The SMILES string of the molecule is C[C@H]1OCCN[C@@H]1C(=O)NCC(C)(C)c1ccc(Cl)cc1.Cl. The summed E-state index contributed by atoms with van der Waals surface area (Å²) in [6.07, 6.45) is -0.0996. The second-order valence-corrected chi connectivity index (χ2v) is 6.55. The molecule has 4 nitrogen and oxygen atoms in total. The minimum atomic E-state index is -0.278. The number of carbonyl (C=O) groups is 1. The number of nitrogens with one attached hydrogen (secondary N) is 2. The quantitative estimate of drug-likeness (QED) is 0.880. The fraction of sp³-hybridized carbons (Fsp3) is 0.562. The van der Waals surface area contributed by atoms with E-state index in [9.17, 15) is 4.79 Å². The van der Waals surface area contributed by atoms with E-state index in [1.165, 1.54) is 0 Å². The zero-order chi connectivity index (χ0) is 15.5. The van der Waals surface area contributed by atoms with Crippen molar-refractivity contribution >= 4 is 29.9 Å². The summed E-state index contributed by atoms with van der Waals surface area (Å²) in [5.41, 5.74) is 0.993. The highest BCUT2D eigenvalue weighted by Crippen LogP contribution is 2.24. The predicted octanol–water partition coefficient (Wildman–Crippen LogP) is 2.53. The smallest absolute Gasteiger partial charge is 0.239 e. The lowest BCUT2D eigenvalue weighted by molar-refractivity contribution is -0.129. The molecular weight excluding hydrogens is 323 g/mol. The minimum absolute atomic E-state index is 0. The normalized spacial score (nSPS) is 21.8. The number of halogens is 2. The molecule has 0 saturated carbocycles. The number of rotatable bonds is 4. The van der Waals surface area contributed by atoms with E-state index in [2.05, 4.69) is 24.5 Å². The summed E-state index contributed by atoms with van der Waals surface area (Å²) in [5.74, 6) is -0.00996. The fourth-order valence-corrected chi connectivity index (χ4v) is 2.57. The molecule has 0 radical (unpaired) electrons. The molecule has 2 N–H and O–H groups in total. The monoisotopic (exact) mass is 346 g/mol. The van der Waals surface area contributed by atoms with Crippen LogP contribution in [0.1, 0.15) is 26.3 Å². The molecule has 0 unspecified atom stereocenters. The molecule has 0 aromatic heterocycles. The van der Waals surface area contributed by atoms with Crippen LogP contribution in [0.15, 0.2) is 24.3 Å². The van der Waals surface area contributed by atoms with Crippen LogP contribution >= 0.6 is 24.0 Å². The van der Waals surface area contributed by atoms with E-state index < -0.39 is 0 Å². The van der Waals surface area contributed by atoms with E-state index in [4.69, 9.17) is 16.3 Å². The Balaban J connectivity index is 0.00000242. The van der Waals surface area contributed by atoms with Gasteiger partial charge in [-0.1, -0.05) is 37.6 Å². The first-order chi connectivity index (χ1) is 9.90. The molecule has 1 heterocycles. The van der Waals surface area contributed by atoms with Gasteiger partial charge in [0.15, 0.2) is 0 Å². The van der Waals surface area contributed by atoms with Gasteiger partial charge in [-0.15, -0.1) is 12.4 Å². The lowest BCUT2D eigenvalue weighted by atomic mass is 9.84. The third kappa shape index (κ3) is 4.85. The standard InChI is InChI=1S/C16H23ClN2O2.ClH/c1-11-14(18-8-9-21-11)15(20)19-10-16(2,3)12-4-6-13(17)7-5-12;/h4-7,11,14,18H,8-10H2,1-3H3,(H,19,20);1H/t11-,14+;/m1./s1. The molecule has 1 aliphatic heterocycles. The molecular formula is C16H24Cl2N2O2. The summed E-state index contributed by atoms with van der Waals surface area (Å²) in [6, 6.07) is 7.47. The van der Waals surface area contributed by atoms with Gasteiger partial charge in [0.25, 0.3) is 0 Å². The Morgan fingerprint density at radius 3 is 2.64 bits per heavy atom. The second-order valence-electron chi connectivity index (χ2n) is 6.12. The summed E-state index contributed by atoms with van der Waals surface area (Å²) in [7, 11) is 0. The van der Waals surface area contributed by atoms with Crippen molar-refractivity contribution in [2.75, 3.05) is 19.7 Å². The van der Waals surface area contributed by atoms with Gasteiger partial charge >= 0.3 is 0 Å². The van der Waals surface area contributed by atoms with Crippen LogP contribution in [0.2, 0.25) is 5.02 Å². The van der Waals surface area contributed by atoms with Crippen LogP contribution in [0.5, 0.6) is 0 Å². The van der Waals surface area contributed by atoms with Gasteiger partial charge in [-0.25, -0.2) is 0 Å². The molecule has 1 fully saturated rings. The van der Waals surface area contributed by atoms with Crippen LogP contribution in [0.3, 0.4) is 0 Å². The van der Waals surface area contributed by atoms with Crippen molar-refractivity contribution < 1.29 is 9.53 Å². The van der Waals surface area contributed by atoms with Crippen molar-refractivity contribution in [2.24, 2.45) is 0 Å². The van der Waals surface area contributed by atoms with Gasteiger partial charge in [0, 0.05) is 23.5 Å². The molecule has 1 aliphatic rings. The Morgan fingerprint density at radius 2 is 2.05 bits per heavy atom. The van der Waals surface area contributed by atoms with Crippen molar-refractivity contribution in [2.45, 2.75) is 38.3 Å². The summed E-state index contributed by atoms with van der Waals surface area (Å²) < 4.78 is 5.50. The fourth-order valence-electron chi connectivity index (χ4n) is 2.45. The molecule has 2 rings (SSSR count). The molecule has 0 spiro atoms. The van der Waals surface area contributed by atoms with Crippen LogP contribution in [0.4, 0.5) is 0 Å². The highest BCUT2D eigenvalue weighted by atomic mass is 35.5. The number of hydrogen-bond acceptors (Lipinski definition) is 3. The number of hydrogen-bond donors (Lipinski definition) is 2. The Labute approximate surface area is 143 Å². The van der Waals surface area contributed by atoms with Gasteiger partial charge in [0.05, 0.1) is 12.7 Å². The van der Waals surface area contributed by atoms with Crippen LogP contribution < -0.4 is 10.6 Å². The predicted molar refractivity (Wildman–Crippen MR) is 91.9 cm³/mol. The van der Waals surface area contributed by atoms with Crippen molar-refractivity contribution in [1.29, 1.82) is 0 Å². The Bertz CT molecular complexity index is 491. The first-order valence-corrected chi connectivity index (χ1v) is 7.67. The molecule has 1 aromatic carbocycles. The van der Waals surface area contributed by atoms with Gasteiger partial charge in [-0.2, -0.15) is 0 Å². The van der Waals surface area contributed by atoms with Gasteiger partial charge in [0.2, 0.25) is 5.91 Å². The number of ether oxygens (including phenoxy) is 1. The van der Waals surface area contributed by atoms with Crippen molar-refractivity contribution in [1.82, 2.24) is 10.6 Å². The summed E-state index contributed by atoms with van der Waals surface area (Å²) in [5, 5.41) is 6.94. The van der Waals surface area contributed by atoms with E-state index in [1.807, 2.05) is 31.2 Å². The summed E-state index contributed by atoms with van der Waals surface area (Å²) in [6.45, 7) is 8.05. The van der Waals surface area contributed by atoms with E-state index in [0.29, 0.717) is 19.7 Å². The second kappa shape index (κ2) is 8.16. The molecule has 6 heteroatoms. The average molecular weight is 347 g/mol. The molecule has 22 heavy (non-hydrogen) atoms. The van der Waals surface area contributed by atoms with Crippen LogP contribution in [0, 0.1) is 0 Å². The molecule has 1 saturated heterocycles. The van der Waals surface area contributed by atoms with Crippen molar-refractivity contribution in [3.05, 3.63) is 34.9 Å². The number of amides is 1. The first kappa shape index (κ1) is 19.2. The van der Waals surface area contributed by atoms with E-state index >= 15 is 0 Å². The third-order valence-corrected chi connectivity index (χ3v) is 4.18. The number of morpholine rings is 1. The van der Waals surface area contributed by atoms with E-state index in [-0.39, 0.29) is 35.9 Å². The summed E-state index contributed by atoms with van der Waals surface area (Å²) >= 11 is 5.91. The van der Waals surface area contributed by atoms with Crippen LogP contribution in [-0.2, 0) is 14.9 Å². The Kier molecular flexibility index (Phi) is 7.13. The molecule has 2 atom stereocenters. The maximum Gasteiger partial charge on any atom is 0.239 e. The summed E-state index contributed by atoms with van der Waals surface area (Å²) in [4.78, 5) is 12.3. The van der Waals surface area contributed by atoms with Crippen LogP contribution in [0.25, 0.3) is 0 Å². The number of benzene rings is 1. The average Bonchev–Trinajstić information content (AvgIpc) is 2.46. The lowest BCUT2D eigenvalue weighted by Gasteiger charge is -2.31. The van der Waals surface area contributed by atoms with E-state index in [1.54, 1.807) is 0 Å². The Morgan fingerprint density at radius 1 is 1.41 bits per heavy atom. The maximum absolute atomic E-state index is 12.3. The van der Waals surface area contributed by atoms with Gasteiger partial charge < -0.3 is 15.4 Å². The molecule has 0 bridgehead atoms. The molecule has 124 valence electrons. The molecule has 1 amide bonds. The zero-order valence-corrected chi connectivity index (χ0v) is 14.8. The lowest BCUT2D eigenvalue weighted by Crippen LogP contribution is -2.56. The van der Waals surface area contributed by atoms with Gasteiger partial charge in [0.1, 0.15) is 6.04 Å². The third-order valence-electron chi connectivity index (χ3n) is 3.93. The number of carbonyl (C=O) groups excluding carboxylic acids is 1. The first-order valence-electron chi connectivity index (χ1n) is 7.29. The van der Waals surface area contributed by atoms with E-state index in [0.717, 1.165) is 10.6 Å². The Hall–Kier alpha value is -0.810. The highest BCUT2D eigenvalue weighted by Gasteiger charge is 2.30. The maximum atomic E-state index is 12.3. The largest absolute Gasteiger partial charge is 0.375 e. The van der Waals surface area contributed by atoms with Crippen LogP contribution in [-0.4, -0.2) is 37.7 Å². The minimum Gasteiger partial charge on any atom is -0.375 e. The highest BCUT2D eigenvalue weighted by molar-refractivity contribution is 6.30.